The molecule has 0 aliphatic rings. The van der Waals surface area contributed by atoms with E-state index in [2.05, 4.69) is 20.5 Å². The topological polar surface area (TPSA) is 166 Å². The van der Waals surface area contributed by atoms with E-state index in [9.17, 15) is 9.90 Å². The summed E-state index contributed by atoms with van der Waals surface area (Å²) in [6.45, 7) is 3.87. The lowest BCUT2D eigenvalue weighted by Gasteiger charge is -2.12. The summed E-state index contributed by atoms with van der Waals surface area (Å²) < 4.78 is 1.64. The monoisotopic (exact) mass is 432 g/mol. The molecule has 0 aliphatic heterocycles. The highest BCUT2D eigenvalue weighted by atomic mass is 16.3. The number of carbonyl (C=O) groups is 1. The summed E-state index contributed by atoms with van der Waals surface area (Å²) in [4.78, 5) is 17.2. The van der Waals surface area contributed by atoms with Crippen molar-refractivity contribution in [2.75, 3.05) is 5.32 Å². The van der Waals surface area contributed by atoms with Gasteiger partial charge in [-0.1, -0.05) is 12.1 Å². The van der Waals surface area contributed by atoms with Crippen LogP contribution in [-0.2, 0) is 11.3 Å². The number of hydrogen-bond donors (Lipinski definition) is 5. The van der Waals surface area contributed by atoms with Gasteiger partial charge in [-0.05, 0) is 43.2 Å². The summed E-state index contributed by atoms with van der Waals surface area (Å²) in [5.74, 6) is -0.669. The SMILES string of the molecule is Cc1ccc(C(=N)N=N)cc1NC(=O)/C(=C/N)c1cc(-c2cnn(CC(C)O)c2)ccn1. The van der Waals surface area contributed by atoms with E-state index in [4.69, 9.17) is 16.7 Å². The maximum absolute atomic E-state index is 13.0. The molecule has 0 saturated heterocycles. The Morgan fingerprint density at radius 1 is 1.34 bits per heavy atom. The molecule has 6 N–H and O–H groups in total. The molecule has 0 radical (unpaired) electrons. The van der Waals surface area contributed by atoms with Gasteiger partial charge in [0.1, 0.15) is 0 Å². The van der Waals surface area contributed by atoms with Crippen LogP contribution in [0.2, 0.25) is 0 Å². The van der Waals surface area contributed by atoms with E-state index in [1.165, 1.54) is 6.20 Å². The van der Waals surface area contributed by atoms with Gasteiger partial charge in [0.25, 0.3) is 5.91 Å². The number of hydrogen-bond acceptors (Lipinski definition) is 7. The number of amides is 1. The van der Waals surface area contributed by atoms with Crippen LogP contribution in [0.15, 0.2) is 60.2 Å². The Hall–Kier alpha value is -4.18. The number of nitrogens with one attached hydrogen (secondary N) is 3. The van der Waals surface area contributed by atoms with Gasteiger partial charge in [-0.2, -0.15) is 5.10 Å². The number of aryl methyl sites for hydroxylation is 1. The zero-order chi connectivity index (χ0) is 23.3. The van der Waals surface area contributed by atoms with Gasteiger partial charge in [-0.25, -0.2) is 5.53 Å². The number of benzene rings is 1. The Morgan fingerprint density at radius 2 is 2.12 bits per heavy atom. The molecule has 10 heteroatoms. The first-order chi connectivity index (χ1) is 15.3. The lowest BCUT2D eigenvalue weighted by molar-refractivity contribution is -0.111. The minimum Gasteiger partial charge on any atom is -0.404 e. The molecule has 3 rings (SSSR count). The second-order valence-corrected chi connectivity index (χ2v) is 7.25. The first-order valence-electron chi connectivity index (χ1n) is 9.80. The quantitative estimate of drug-likeness (QED) is 0.167. The van der Waals surface area contributed by atoms with E-state index >= 15 is 0 Å². The van der Waals surface area contributed by atoms with Crippen LogP contribution >= 0.6 is 0 Å². The third-order valence-corrected chi connectivity index (χ3v) is 4.74. The molecule has 164 valence electrons. The predicted molar refractivity (Wildman–Crippen MR) is 121 cm³/mol. The van der Waals surface area contributed by atoms with Crippen molar-refractivity contribution in [3.05, 3.63) is 71.9 Å². The van der Waals surface area contributed by atoms with Gasteiger partial charge < -0.3 is 16.2 Å². The van der Waals surface area contributed by atoms with E-state index in [1.807, 2.05) is 6.92 Å². The Morgan fingerprint density at radius 3 is 2.81 bits per heavy atom. The number of pyridine rings is 1. The fraction of sp³-hybridized carbons (Fsp3) is 0.182. The van der Waals surface area contributed by atoms with Crippen LogP contribution < -0.4 is 11.1 Å². The molecule has 1 atom stereocenters. The Bertz CT molecular complexity index is 1200. The lowest BCUT2D eigenvalue weighted by atomic mass is 10.1. The molecular formula is C22H24N8O2. The van der Waals surface area contributed by atoms with Crippen molar-refractivity contribution in [3.63, 3.8) is 0 Å². The molecule has 0 fully saturated rings. The standard InChI is InChI=1S/C22H24N8O2/c1-13-3-4-16(21(24)29-25)8-19(13)28-22(32)18(9-23)20-7-15(5-6-26-20)17-10-27-30(12-17)11-14(2)31/h3-10,12,14,24-25,31H,11,23H2,1-2H3,(H,28,32)/b18-9+,24-21?,29-25?. The van der Waals surface area contributed by atoms with Crippen LogP contribution in [0.3, 0.4) is 0 Å². The number of aliphatic hydroxyl groups excluding tert-OH is 1. The Kier molecular flexibility index (Phi) is 6.86. The average Bonchev–Trinajstić information content (AvgIpc) is 3.23. The number of nitrogens with two attached hydrogens (primary N) is 1. The minimum atomic E-state index is -0.522. The van der Waals surface area contributed by atoms with Crippen LogP contribution in [-0.4, -0.2) is 37.7 Å². The van der Waals surface area contributed by atoms with Crippen LogP contribution in [0.4, 0.5) is 5.69 Å². The van der Waals surface area contributed by atoms with E-state index < -0.39 is 12.0 Å². The lowest BCUT2D eigenvalue weighted by Crippen LogP contribution is -2.16. The van der Waals surface area contributed by atoms with Gasteiger partial charge in [0.15, 0.2) is 5.84 Å². The zero-order valence-electron chi connectivity index (χ0n) is 17.7. The molecule has 1 amide bonds. The summed E-state index contributed by atoms with van der Waals surface area (Å²) in [6.07, 6.45) is 5.73. The second kappa shape index (κ2) is 9.75. The number of anilines is 1. The van der Waals surface area contributed by atoms with Gasteiger partial charge >= 0.3 is 0 Å². The third-order valence-electron chi connectivity index (χ3n) is 4.74. The average molecular weight is 432 g/mol. The van der Waals surface area contributed by atoms with E-state index in [1.54, 1.807) is 60.5 Å². The molecular weight excluding hydrogens is 408 g/mol. The molecule has 32 heavy (non-hydrogen) atoms. The molecule has 1 unspecified atom stereocenters. The molecule has 3 aromatic rings. The van der Waals surface area contributed by atoms with Gasteiger partial charge in [-0.15, -0.1) is 5.11 Å². The highest BCUT2D eigenvalue weighted by Crippen LogP contribution is 2.24. The fourth-order valence-electron chi connectivity index (χ4n) is 3.08. The number of carbonyl (C=O) groups excluding carboxylic acids is 1. The summed E-state index contributed by atoms with van der Waals surface area (Å²) in [6, 6.07) is 8.51. The molecule has 2 heterocycles. The second-order valence-electron chi connectivity index (χ2n) is 7.25. The van der Waals surface area contributed by atoms with Gasteiger partial charge in [0, 0.05) is 35.4 Å². The Balaban J connectivity index is 1.85. The number of rotatable bonds is 7. The van der Waals surface area contributed by atoms with Gasteiger partial charge in [0.05, 0.1) is 30.1 Å². The molecule has 10 nitrogen and oxygen atoms in total. The zero-order valence-corrected chi connectivity index (χ0v) is 17.7. The van der Waals surface area contributed by atoms with Crippen molar-refractivity contribution >= 4 is 23.0 Å². The molecule has 0 saturated carbocycles. The maximum Gasteiger partial charge on any atom is 0.259 e. The number of aromatic nitrogens is 3. The highest BCUT2D eigenvalue weighted by molar-refractivity contribution is 6.25. The summed E-state index contributed by atoms with van der Waals surface area (Å²) in [5, 5.41) is 27.4. The fourth-order valence-corrected chi connectivity index (χ4v) is 3.08. The largest absolute Gasteiger partial charge is 0.404 e. The van der Waals surface area contributed by atoms with Gasteiger partial charge in [-0.3, -0.25) is 19.9 Å². The van der Waals surface area contributed by atoms with Crippen molar-refractivity contribution in [2.24, 2.45) is 10.8 Å². The minimum absolute atomic E-state index is 0.174. The number of amidine groups is 1. The smallest absolute Gasteiger partial charge is 0.259 e. The predicted octanol–water partition coefficient (Wildman–Crippen LogP) is 2.93. The summed E-state index contributed by atoms with van der Waals surface area (Å²) in [5.41, 5.74) is 16.6. The Labute approximate surface area is 184 Å². The van der Waals surface area contributed by atoms with E-state index in [-0.39, 0.29) is 11.4 Å². The number of aliphatic hydroxyl groups is 1. The molecule has 0 spiro atoms. The van der Waals surface area contributed by atoms with Crippen molar-refractivity contribution in [1.29, 1.82) is 10.9 Å². The molecule has 1 aromatic carbocycles. The van der Waals surface area contributed by atoms with Crippen molar-refractivity contribution in [1.82, 2.24) is 14.8 Å². The normalized spacial score (nSPS) is 12.3. The van der Waals surface area contributed by atoms with Crippen LogP contribution in [0.1, 0.15) is 23.7 Å². The summed E-state index contributed by atoms with van der Waals surface area (Å²) >= 11 is 0. The van der Waals surface area contributed by atoms with Crippen LogP contribution in [0.25, 0.3) is 16.7 Å². The first kappa shape index (κ1) is 22.5. The van der Waals surface area contributed by atoms with Crippen molar-refractivity contribution < 1.29 is 9.90 Å². The van der Waals surface area contributed by atoms with Crippen LogP contribution in [0, 0.1) is 17.9 Å². The van der Waals surface area contributed by atoms with E-state index in [0.29, 0.717) is 23.5 Å². The molecule has 0 aliphatic carbocycles. The van der Waals surface area contributed by atoms with Crippen molar-refractivity contribution in [2.45, 2.75) is 26.5 Å². The summed E-state index contributed by atoms with van der Waals surface area (Å²) in [7, 11) is 0. The van der Waals surface area contributed by atoms with Crippen LogP contribution in [0.5, 0.6) is 0 Å². The third kappa shape index (κ3) is 5.10. The molecule has 2 aromatic heterocycles. The molecule has 0 bridgehead atoms. The van der Waals surface area contributed by atoms with Crippen molar-refractivity contribution in [3.8, 4) is 11.1 Å². The van der Waals surface area contributed by atoms with Gasteiger partial charge in [0.2, 0.25) is 0 Å². The highest BCUT2D eigenvalue weighted by Gasteiger charge is 2.16. The number of nitrogens with zero attached hydrogens (tertiary/aromatic N) is 4. The first-order valence-corrected chi connectivity index (χ1v) is 9.80. The maximum atomic E-state index is 13.0. The van der Waals surface area contributed by atoms with E-state index in [0.717, 1.165) is 16.7 Å².